The Kier molecular flexibility index (Phi) is 1.33. The van der Waals surface area contributed by atoms with E-state index in [0.717, 1.165) is 5.58 Å². The van der Waals surface area contributed by atoms with E-state index in [1.165, 1.54) is 0 Å². The van der Waals surface area contributed by atoms with Gasteiger partial charge in [0.1, 0.15) is 0 Å². The summed E-state index contributed by atoms with van der Waals surface area (Å²) in [6.07, 6.45) is 1.70. The van der Waals surface area contributed by atoms with Crippen molar-refractivity contribution >= 4 is 33.8 Å². The van der Waals surface area contributed by atoms with E-state index in [4.69, 9.17) is 4.42 Å². The Labute approximate surface area is 70.6 Å². The fraction of sp³-hybridized carbons (Fsp3) is 0. The fourth-order valence-electron chi connectivity index (χ4n) is 0.743. The maximum absolute atomic E-state index is 5.18. The molecule has 0 amide bonds. The predicted octanol–water partition coefficient (Wildman–Crippen LogP) is 1.83. The monoisotopic (exact) mass is 246 g/mol. The average Bonchev–Trinajstić information content (AvgIpc) is 2.27. The maximum atomic E-state index is 5.18. The van der Waals surface area contributed by atoms with Gasteiger partial charge in [-0.15, -0.1) is 0 Å². The molecule has 0 N–H and O–H groups in total. The number of nitrogens with zero attached hydrogens (tertiary/aromatic N) is 2. The van der Waals surface area contributed by atoms with Gasteiger partial charge in [-0.25, -0.2) is 4.98 Å². The molecular formula is C6H3IN2O. The van der Waals surface area contributed by atoms with Crippen molar-refractivity contribution in [2.45, 2.75) is 0 Å². The number of pyridine rings is 1. The van der Waals surface area contributed by atoms with Crippen LogP contribution < -0.4 is 0 Å². The van der Waals surface area contributed by atoms with Crippen LogP contribution in [0.5, 0.6) is 0 Å². The van der Waals surface area contributed by atoms with Gasteiger partial charge in [-0.1, -0.05) is 0 Å². The molecule has 3 nitrogen and oxygen atoms in total. The summed E-state index contributed by atoms with van der Waals surface area (Å²) in [6, 6.07) is 3.67. The van der Waals surface area contributed by atoms with Crippen LogP contribution in [-0.2, 0) is 0 Å². The van der Waals surface area contributed by atoms with Gasteiger partial charge in [0.25, 0.3) is 3.90 Å². The summed E-state index contributed by atoms with van der Waals surface area (Å²) >= 11 is 2.02. The van der Waals surface area contributed by atoms with Crippen molar-refractivity contribution in [2.24, 2.45) is 0 Å². The number of hydrogen-bond acceptors (Lipinski definition) is 3. The number of fused-ring (bicyclic) bond motifs is 1. The molecule has 0 unspecified atom stereocenters. The fourth-order valence-corrected chi connectivity index (χ4v) is 1.21. The lowest BCUT2D eigenvalue weighted by Crippen LogP contribution is -1.71. The van der Waals surface area contributed by atoms with Crippen LogP contribution in [0.2, 0.25) is 0 Å². The Morgan fingerprint density at radius 1 is 1.50 bits per heavy atom. The first kappa shape index (κ1) is 6.09. The van der Waals surface area contributed by atoms with E-state index >= 15 is 0 Å². The molecule has 0 aromatic carbocycles. The molecule has 0 saturated carbocycles. The number of aromatic nitrogens is 2. The second kappa shape index (κ2) is 2.19. The Morgan fingerprint density at radius 3 is 3.20 bits per heavy atom. The molecule has 2 heterocycles. The van der Waals surface area contributed by atoms with Crippen molar-refractivity contribution in [3.8, 4) is 0 Å². The van der Waals surface area contributed by atoms with Crippen molar-refractivity contribution in [2.75, 3.05) is 0 Å². The first-order valence-electron chi connectivity index (χ1n) is 2.73. The Balaban J connectivity index is 2.88. The van der Waals surface area contributed by atoms with Gasteiger partial charge in [-0.05, 0) is 12.1 Å². The topological polar surface area (TPSA) is 38.9 Å². The van der Waals surface area contributed by atoms with Crippen LogP contribution in [0, 0.1) is 3.90 Å². The van der Waals surface area contributed by atoms with E-state index in [0.29, 0.717) is 9.54 Å². The molecule has 0 radical (unpaired) electrons. The van der Waals surface area contributed by atoms with Crippen LogP contribution in [0.1, 0.15) is 0 Å². The summed E-state index contributed by atoms with van der Waals surface area (Å²) in [5, 5.41) is 0. The maximum Gasteiger partial charge on any atom is 0.259 e. The van der Waals surface area contributed by atoms with Gasteiger partial charge in [0.2, 0.25) is 0 Å². The summed E-state index contributed by atoms with van der Waals surface area (Å²) in [5.41, 5.74) is 1.42. The standard InChI is InChI=1S/C6H3IN2O/c7-6-9-5-4(10-6)2-1-3-8-5/h1-3H. The molecule has 0 bridgehead atoms. The zero-order chi connectivity index (χ0) is 6.97. The van der Waals surface area contributed by atoms with Gasteiger partial charge in [0.05, 0.1) is 0 Å². The molecule has 0 spiro atoms. The van der Waals surface area contributed by atoms with Crippen molar-refractivity contribution < 1.29 is 4.42 Å². The molecule has 0 fully saturated rings. The zero-order valence-electron chi connectivity index (χ0n) is 4.91. The molecule has 0 saturated heterocycles. The van der Waals surface area contributed by atoms with Gasteiger partial charge < -0.3 is 4.42 Å². The molecule has 0 aliphatic rings. The molecule has 2 aromatic rings. The Morgan fingerprint density at radius 2 is 2.40 bits per heavy atom. The number of oxazole rings is 1. The van der Waals surface area contributed by atoms with Crippen LogP contribution in [0.3, 0.4) is 0 Å². The molecular weight excluding hydrogens is 243 g/mol. The smallest absolute Gasteiger partial charge is 0.259 e. The summed E-state index contributed by atoms with van der Waals surface area (Å²) in [7, 11) is 0. The normalized spacial score (nSPS) is 10.5. The van der Waals surface area contributed by atoms with Crippen LogP contribution in [0.4, 0.5) is 0 Å². The highest BCUT2D eigenvalue weighted by Gasteiger charge is 2.00. The average molecular weight is 246 g/mol. The summed E-state index contributed by atoms with van der Waals surface area (Å²) < 4.78 is 5.81. The highest BCUT2D eigenvalue weighted by atomic mass is 127. The molecule has 0 aliphatic carbocycles. The lowest BCUT2D eigenvalue weighted by Gasteiger charge is -1.78. The van der Waals surface area contributed by atoms with Crippen molar-refractivity contribution in [3.05, 3.63) is 22.2 Å². The van der Waals surface area contributed by atoms with Crippen LogP contribution in [0.15, 0.2) is 22.7 Å². The van der Waals surface area contributed by atoms with Crippen LogP contribution >= 0.6 is 22.6 Å². The largest absolute Gasteiger partial charge is 0.430 e. The van der Waals surface area contributed by atoms with E-state index in [2.05, 4.69) is 9.97 Å². The second-order valence-electron chi connectivity index (χ2n) is 1.79. The molecule has 2 aromatic heterocycles. The van der Waals surface area contributed by atoms with Crippen molar-refractivity contribution in [1.29, 1.82) is 0 Å². The lowest BCUT2D eigenvalue weighted by atomic mass is 10.5. The molecule has 50 valence electrons. The van der Waals surface area contributed by atoms with Crippen LogP contribution in [-0.4, -0.2) is 9.97 Å². The minimum atomic E-state index is 0.631. The predicted molar refractivity (Wildman–Crippen MR) is 44.5 cm³/mol. The van der Waals surface area contributed by atoms with E-state index in [-0.39, 0.29) is 0 Å². The second-order valence-corrected chi connectivity index (χ2v) is 2.71. The highest BCUT2D eigenvalue weighted by Crippen LogP contribution is 2.12. The third kappa shape index (κ3) is 0.880. The van der Waals surface area contributed by atoms with Crippen LogP contribution in [0.25, 0.3) is 11.2 Å². The van der Waals surface area contributed by atoms with Crippen molar-refractivity contribution in [1.82, 2.24) is 9.97 Å². The van der Waals surface area contributed by atoms with Gasteiger partial charge in [-0.3, -0.25) is 0 Å². The third-order valence-electron chi connectivity index (χ3n) is 1.14. The Bertz CT molecular complexity index is 324. The number of hydrogen-bond donors (Lipinski definition) is 0. The van der Waals surface area contributed by atoms with Crippen molar-refractivity contribution in [3.63, 3.8) is 0 Å². The minimum Gasteiger partial charge on any atom is -0.430 e. The SMILES string of the molecule is Ic1nc2ncccc2o1. The van der Waals surface area contributed by atoms with Gasteiger partial charge in [0, 0.05) is 28.8 Å². The molecule has 10 heavy (non-hydrogen) atoms. The van der Waals surface area contributed by atoms with E-state index in [1.54, 1.807) is 6.20 Å². The molecule has 4 heteroatoms. The quantitative estimate of drug-likeness (QED) is 0.665. The number of rotatable bonds is 0. The minimum absolute atomic E-state index is 0.631. The first-order valence-corrected chi connectivity index (χ1v) is 3.81. The first-order chi connectivity index (χ1) is 4.86. The molecule has 0 atom stereocenters. The van der Waals surface area contributed by atoms with Gasteiger partial charge in [-0.2, -0.15) is 4.98 Å². The van der Waals surface area contributed by atoms with Gasteiger partial charge >= 0.3 is 0 Å². The zero-order valence-corrected chi connectivity index (χ0v) is 7.07. The molecule has 0 aliphatic heterocycles. The van der Waals surface area contributed by atoms with E-state index in [9.17, 15) is 0 Å². The van der Waals surface area contributed by atoms with E-state index in [1.807, 2.05) is 34.7 Å². The third-order valence-corrected chi connectivity index (χ3v) is 1.60. The molecule has 2 rings (SSSR count). The number of halogens is 1. The van der Waals surface area contributed by atoms with E-state index < -0.39 is 0 Å². The van der Waals surface area contributed by atoms with Gasteiger partial charge in [0.15, 0.2) is 11.2 Å². The Hall–Kier alpha value is -0.650. The summed E-state index contributed by atoms with van der Waals surface area (Å²) in [6.45, 7) is 0. The highest BCUT2D eigenvalue weighted by molar-refractivity contribution is 14.1. The lowest BCUT2D eigenvalue weighted by molar-refractivity contribution is 0.566. The summed E-state index contributed by atoms with van der Waals surface area (Å²) in [5.74, 6) is 0. The summed E-state index contributed by atoms with van der Waals surface area (Å²) in [4.78, 5) is 8.01.